The van der Waals surface area contributed by atoms with Crippen LogP contribution >= 0.6 is 11.6 Å². The van der Waals surface area contributed by atoms with E-state index in [4.69, 9.17) is 11.6 Å². The lowest BCUT2D eigenvalue weighted by Crippen LogP contribution is -2.52. The maximum atomic E-state index is 10.4. The van der Waals surface area contributed by atoms with Crippen LogP contribution in [0.5, 0.6) is 0 Å². The number of pyridine rings is 1. The standard InChI is InChI=1S/C21H28ClN5O/c1-2-24-21(25-15-20(28)18-6-8-23-9-7-18)27-12-10-26(11-13-27)16-17-4-3-5-19(22)14-17/h3-9,14,20,28H,2,10-13,15-16H2,1H3,(H,24,25). The fourth-order valence-corrected chi connectivity index (χ4v) is 3.51. The average molecular weight is 402 g/mol. The SMILES string of the molecule is CCNC(=NCC(O)c1ccncc1)N1CCN(Cc2cccc(Cl)c2)CC1. The van der Waals surface area contributed by atoms with Gasteiger partial charge in [0.05, 0.1) is 12.6 Å². The predicted octanol–water partition coefficient (Wildman–Crippen LogP) is 2.55. The van der Waals surface area contributed by atoms with E-state index in [-0.39, 0.29) is 0 Å². The molecule has 1 saturated heterocycles. The van der Waals surface area contributed by atoms with Gasteiger partial charge in [-0.15, -0.1) is 0 Å². The first-order valence-corrected chi connectivity index (χ1v) is 10.1. The van der Waals surface area contributed by atoms with Crippen LogP contribution in [0, 0.1) is 0 Å². The smallest absolute Gasteiger partial charge is 0.194 e. The van der Waals surface area contributed by atoms with Gasteiger partial charge in [0.15, 0.2) is 5.96 Å². The molecule has 2 N–H and O–H groups in total. The summed E-state index contributed by atoms with van der Waals surface area (Å²) in [5.41, 5.74) is 2.07. The molecule has 0 aliphatic carbocycles. The molecule has 7 heteroatoms. The van der Waals surface area contributed by atoms with Gasteiger partial charge in [-0.1, -0.05) is 23.7 Å². The van der Waals surface area contributed by atoms with Crippen LogP contribution in [0.4, 0.5) is 0 Å². The number of rotatable bonds is 6. The van der Waals surface area contributed by atoms with Gasteiger partial charge in [0, 0.05) is 56.7 Å². The molecule has 28 heavy (non-hydrogen) atoms. The van der Waals surface area contributed by atoms with Crippen molar-refractivity contribution in [1.29, 1.82) is 0 Å². The third kappa shape index (κ3) is 5.92. The topological polar surface area (TPSA) is 64.0 Å². The maximum Gasteiger partial charge on any atom is 0.194 e. The Morgan fingerprint density at radius 1 is 1.21 bits per heavy atom. The Hall–Kier alpha value is -2.15. The molecule has 0 radical (unpaired) electrons. The van der Waals surface area contributed by atoms with Gasteiger partial charge in [-0.3, -0.25) is 14.9 Å². The van der Waals surface area contributed by atoms with Crippen LogP contribution in [-0.4, -0.2) is 65.1 Å². The van der Waals surface area contributed by atoms with Crippen LogP contribution in [-0.2, 0) is 6.54 Å². The van der Waals surface area contributed by atoms with Crippen LogP contribution < -0.4 is 5.32 Å². The van der Waals surface area contributed by atoms with Crippen molar-refractivity contribution in [2.45, 2.75) is 19.6 Å². The number of aliphatic imine (C=N–C) groups is 1. The molecule has 3 rings (SSSR count). The van der Waals surface area contributed by atoms with E-state index in [1.807, 2.05) is 30.3 Å². The molecular formula is C21H28ClN5O. The molecule has 2 aromatic rings. The molecule has 1 aliphatic rings. The summed E-state index contributed by atoms with van der Waals surface area (Å²) in [7, 11) is 0. The van der Waals surface area contributed by atoms with Crippen molar-refractivity contribution in [3.8, 4) is 0 Å². The lowest BCUT2D eigenvalue weighted by atomic mass is 10.1. The molecular weight excluding hydrogens is 374 g/mol. The van der Waals surface area contributed by atoms with Gasteiger partial charge in [0.25, 0.3) is 0 Å². The largest absolute Gasteiger partial charge is 0.386 e. The quantitative estimate of drug-likeness (QED) is 0.575. The van der Waals surface area contributed by atoms with Gasteiger partial charge < -0.3 is 15.3 Å². The summed E-state index contributed by atoms with van der Waals surface area (Å²) < 4.78 is 0. The van der Waals surface area contributed by atoms with Crippen molar-refractivity contribution >= 4 is 17.6 Å². The summed E-state index contributed by atoms with van der Waals surface area (Å²) in [6.45, 7) is 7.82. The zero-order valence-corrected chi connectivity index (χ0v) is 17.0. The van der Waals surface area contributed by atoms with E-state index in [0.29, 0.717) is 6.54 Å². The van der Waals surface area contributed by atoms with E-state index in [1.165, 1.54) is 5.56 Å². The molecule has 1 aliphatic heterocycles. The Morgan fingerprint density at radius 3 is 2.64 bits per heavy atom. The van der Waals surface area contributed by atoms with Gasteiger partial charge >= 0.3 is 0 Å². The van der Waals surface area contributed by atoms with Crippen molar-refractivity contribution < 1.29 is 5.11 Å². The highest BCUT2D eigenvalue weighted by Crippen LogP contribution is 2.15. The van der Waals surface area contributed by atoms with Crippen LogP contribution in [0.25, 0.3) is 0 Å². The van der Waals surface area contributed by atoms with E-state index in [2.05, 4.69) is 38.1 Å². The molecule has 0 spiro atoms. The number of hydrogen-bond acceptors (Lipinski definition) is 4. The Kier molecular flexibility index (Phi) is 7.65. The zero-order chi connectivity index (χ0) is 19.8. The Bertz CT molecular complexity index is 762. The fraction of sp³-hybridized carbons (Fsp3) is 0.429. The van der Waals surface area contributed by atoms with Crippen molar-refractivity contribution in [3.05, 3.63) is 64.9 Å². The van der Waals surface area contributed by atoms with Crippen molar-refractivity contribution in [2.24, 2.45) is 4.99 Å². The Labute approximate surface area is 171 Å². The number of guanidine groups is 1. The number of nitrogens with zero attached hydrogens (tertiary/aromatic N) is 4. The maximum absolute atomic E-state index is 10.4. The minimum absolute atomic E-state index is 0.328. The minimum Gasteiger partial charge on any atom is -0.386 e. The van der Waals surface area contributed by atoms with Crippen LogP contribution in [0.15, 0.2) is 53.8 Å². The van der Waals surface area contributed by atoms with Crippen LogP contribution in [0.2, 0.25) is 5.02 Å². The Balaban J connectivity index is 1.55. The number of aliphatic hydroxyl groups excluding tert-OH is 1. The molecule has 0 amide bonds. The van der Waals surface area contributed by atoms with Gasteiger partial charge in [0.1, 0.15) is 0 Å². The molecule has 0 bridgehead atoms. The first kappa shape index (κ1) is 20.6. The highest BCUT2D eigenvalue weighted by molar-refractivity contribution is 6.30. The lowest BCUT2D eigenvalue weighted by Gasteiger charge is -2.36. The number of nitrogens with one attached hydrogen (secondary N) is 1. The third-order valence-corrected chi connectivity index (χ3v) is 5.04. The number of benzene rings is 1. The van der Waals surface area contributed by atoms with E-state index >= 15 is 0 Å². The van der Waals surface area contributed by atoms with E-state index in [1.54, 1.807) is 12.4 Å². The molecule has 1 unspecified atom stereocenters. The van der Waals surface area contributed by atoms with Crippen LogP contribution in [0.3, 0.4) is 0 Å². The second-order valence-corrected chi connectivity index (χ2v) is 7.32. The van der Waals surface area contributed by atoms with E-state index < -0.39 is 6.10 Å². The average Bonchev–Trinajstić information content (AvgIpc) is 2.72. The highest BCUT2D eigenvalue weighted by Gasteiger charge is 2.20. The predicted molar refractivity (Wildman–Crippen MR) is 113 cm³/mol. The number of halogens is 1. The number of hydrogen-bond donors (Lipinski definition) is 2. The highest BCUT2D eigenvalue weighted by atomic mass is 35.5. The monoisotopic (exact) mass is 401 g/mol. The summed E-state index contributed by atoms with van der Waals surface area (Å²) in [6.07, 6.45) is 2.75. The van der Waals surface area contributed by atoms with Gasteiger partial charge in [-0.05, 0) is 42.3 Å². The molecule has 1 fully saturated rings. The summed E-state index contributed by atoms with van der Waals surface area (Å²) in [4.78, 5) is 13.3. The lowest BCUT2D eigenvalue weighted by molar-refractivity contribution is 0.169. The van der Waals surface area contributed by atoms with Gasteiger partial charge in [0.2, 0.25) is 0 Å². The zero-order valence-electron chi connectivity index (χ0n) is 16.3. The molecule has 1 atom stereocenters. The second-order valence-electron chi connectivity index (χ2n) is 6.88. The third-order valence-electron chi connectivity index (χ3n) is 4.81. The summed E-state index contributed by atoms with van der Waals surface area (Å²) in [6, 6.07) is 11.7. The van der Waals surface area contributed by atoms with Crippen molar-refractivity contribution in [2.75, 3.05) is 39.3 Å². The van der Waals surface area contributed by atoms with Gasteiger partial charge in [-0.2, -0.15) is 0 Å². The first-order valence-electron chi connectivity index (χ1n) is 9.73. The van der Waals surface area contributed by atoms with Gasteiger partial charge in [-0.25, -0.2) is 0 Å². The Morgan fingerprint density at radius 2 is 1.96 bits per heavy atom. The summed E-state index contributed by atoms with van der Waals surface area (Å²) in [5, 5.41) is 14.5. The summed E-state index contributed by atoms with van der Waals surface area (Å²) in [5.74, 6) is 0.859. The minimum atomic E-state index is -0.624. The number of piperazine rings is 1. The molecule has 2 heterocycles. The van der Waals surface area contributed by atoms with Crippen molar-refractivity contribution in [3.63, 3.8) is 0 Å². The second kappa shape index (κ2) is 10.4. The van der Waals surface area contributed by atoms with Crippen LogP contribution in [0.1, 0.15) is 24.2 Å². The molecule has 150 valence electrons. The fourth-order valence-electron chi connectivity index (χ4n) is 3.30. The first-order chi connectivity index (χ1) is 13.7. The number of aliphatic hydroxyl groups is 1. The number of aromatic nitrogens is 1. The normalized spacial score (nSPS) is 16.8. The summed E-state index contributed by atoms with van der Waals surface area (Å²) >= 11 is 6.09. The molecule has 1 aromatic heterocycles. The van der Waals surface area contributed by atoms with Crippen molar-refractivity contribution in [1.82, 2.24) is 20.1 Å². The molecule has 6 nitrogen and oxygen atoms in total. The molecule has 0 saturated carbocycles. The van der Waals surface area contributed by atoms with E-state index in [0.717, 1.165) is 55.8 Å². The molecule has 1 aromatic carbocycles. The van der Waals surface area contributed by atoms with E-state index in [9.17, 15) is 5.11 Å².